The van der Waals surface area contributed by atoms with Crippen LogP contribution < -0.4 is 0 Å². The molecule has 2 nitrogen and oxygen atoms in total. The number of allylic oxidation sites excluding steroid dienone is 2. The van der Waals surface area contributed by atoms with Crippen molar-refractivity contribution in [3.05, 3.63) is 59.7 Å². The van der Waals surface area contributed by atoms with Gasteiger partial charge in [-0.3, -0.25) is 0 Å². The Morgan fingerprint density at radius 1 is 0.722 bits per heavy atom. The molecule has 0 saturated carbocycles. The zero-order valence-electron chi connectivity index (χ0n) is 10.5. The quantitative estimate of drug-likeness (QED) is 0.777. The number of hydrogen-bond acceptors (Lipinski definition) is 2. The summed E-state index contributed by atoms with van der Waals surface area (Å²) in [5.74, 6) is 0.520. The maximum absolute atomic E-state index is 9.50. The van der Waals surface area contributed by atoms with Crippen LogP contribution in [0.5, 0.6) is 11.5 Å². The number of phenols is 2. The highest BCUT2D eigenvalue weighted by Gasteiger charge is 2.04. The van der Waals surface area contributed by atoms with E-state index in [4.69, 9.17) is 0 Å². The molecule has 0 spiro atoms. The Balaban J connectivity index is 2.47. The lowest BCUT2D eigenvalue weighted by atomic mass is 9.97. The van der Waals surface area contributed by atoms with Gasteiger partial charge in [-0.2, -0.15) is 0 Å². The minimum absolute atomic E-state index is 0.260. The molecule has 2 aromatic carbocycles. The molecule has 0 aromatic heterocycles. The van der Waals surface area contributed by atoms with E-state index in [2.05, 4.69) is 0 Å². The van der Waals surface area contributed by atoms with Crippen LogP contribution in [0.3, 0.4) is 0 Å². The summed E-state index contributed by atoms with van der Waals surface area (Å²) in [5.41, 5.74) is 4.12. The third-order valence-electron chi connectivity index (χ3n) is 3.12. The fourth-order valence-corrected chi connectivity index (χ4v) is 1.91. The molecule has 0 aliphatic heterocycles. The van der Waals surface area contributed by atoms with Crippen molar-refractivity contribution in [2.24, 2.45) is 0 Å². The van der Waals surface area contributed by atoms with Gasteiger partial charge in [-0.15, -0.1) is 0 Å². The van der Waals surface area contributed by atoms with Gasteiger partial charge >= 0.3 is 0 Å². The second kappa shape index (κ2) is 4.96. The van der Waals surface area contributed by atoms with Crippen LogP contribution in [0, 0.1) is 0 Å². The first-order chi connectivity index (χ1) is 8.58. The van der Waals surface area contributed by atoms with Crippen molar-refractivity contribution in [2.45, 2.75) is 13.8 Å². The van der Waals surface area contributed by atoms with Gasteiger partial charge in [0.15, 0.2) is 0 Å². The van der Waals surface area contributed by atoms with Gasteiger partial charge in [-0.05, 0) is 60.4 Å². The topological polar surface area (TPSA) is 40.5 Å². The Morgan fingerprint density at radius 3 is 1.44 bits per heavy atom. The molecule has 0 radical (unpaired) electrons. The average molecular weight is 240 g/mol. The lowest BCUT2D eigenvalue weighted by molar-refractivity contribution is 0.474. The first-order valence-electron chi connectivity index (χ1n) is 5.84. The SMILES string of the molecule is CC(=C(C)c1cccc(O)c1)c1cccc(O)c1. The fraction of sp³-hybridized carbons (Fsp3) is 0.125. The van der Waals surface area contributed by atoms with Crippen LogP contribution in [0.2, 0.25) is 0 Å². The standard InChI is InChI=1S/C16H16O2/c1-11(13-5-3-7-15(17)9-13)12(2)14-6-4-8-16(18)10-14/h3-10,17-18H,1-2H3. The number of benzene rings is 2. The average Bonchev–Trinajstić information content (AvgIpc) is 2.37. The molecule has 0 fully saturated rings. The molecule has 0 amide bonds. The molecule has 18 heavy (non-hydrogen) atoms. The van der Waals surface area contributed by atoms with E-state index in [1.54, 1.807) is 24.3 Å². The van der Waals surface area contributed by atoms with Gasteiger partial charge in [0.05, 0.1) is 0 Å². The Labute approximate surface area is 107 Å². The molecule has 0 atom stereocenters. The van der Waals surface area contributed by atoms with E-state index in [1.807, 2.05) is 38.1 Å². The summed E-state index contributed by atoms with van der Waals surface area (Å²) >= 11 is 0. The molecular weight excluding hydrogens is 224 g/mol. The Hall–Kier alpha value is -2.22. The zero-order valence-corrected chi connectivity index (χ0v) is 10.5. The van der Waals surface area contributed by atoms with Crippen LogP contribution in [0.15, 0.2) is 48.5 Å². The minimum Gasteiger partial charge on any atom is -0.508 e. The molecule has 0 bridgehead atoms. The van der Waals surface area contributed by atoms with Crippen LogP contribution in [0.25, 0.3) is 11.1 Å². The number of rotatable bonds is 2. The molecule has 0 unspecified atom stereocenters. The molecular formula is C16H16O2. The molecule has 2 heteroatoms. The van der Waals surface area contributed by atoms with Gasteiger partial charge in [-0.1, -0.05) is 24.3 Å². The monoisotopic (exact) mass is 240 g/mol. The minimum atomic E-state index is 0.260. The first kappa shape index (κ1) is 12.2. The smallest absolute Gasteiger partial charge is 0.116 e. The summed E-state index contributed by atoms with van der Waals surface area (Å²) in [5, 5.41) is 19.0. The lowest BCUT2D eigenvalue weighted by Crippen LogP contribution is -1.86. The zero-order chi connectivity index (χ0) is 13.1. The van der Waals surface area contributed by atoms with Crippen molar-refractivity contribution >= 4 is 11.1 Å². The van der Waals surface area contributed by atoms with Crippen LogP contribution in [0.4, 0.5) is 0 Å². The predicted octanol–water partition coefficient (Wildman–Crippen LogP) is 4.05. The van der Waals surface area contributed by atoms with E-state index in [0.717, 1.165) is 22.3 Å². The highest BCUT2D eigenvalue weighted by atomic mass is 16.3. The molecule has 92 valence electrons. The molecule has 2 rings (SSSR count). The summed E-state index contributed by atoms with van der Waals surface area (Å²) in [6, 6.07) is 14.3. The van der Waals surface area contributed by atoms with Crippen molar-refractivity contribution in [1.82, 2.24) is 0 Å². The lowest BCUT2D eigenvalue weighted by Gasteiger charge is -2.09. The second-order valence-corrected chi connectivity index (χ2v) is 4.35. The van der Waals surface area contributed by atoms with Gasteiger partial charge in [0.2, 0.25) is 0 Å². The fourth-order valence-electron chi connectivity index (χ4n) is 1.91. The molecule has 0 aliphatic carbocycles. The Bertz CT molecular complexity index is 544. The van der Waals surface area contributed by atoms with Crippen molar-refractivity contribution in [1.29, 1.82) is 0 Å². The van der Waals surface area contributed by atoms with Gasteiger partial charge in [0, 0.05) is 0 Å². The van der Waals surface area contributed by atoms with Crippen LogP contribution in [-0.4, -0.2) is 10.2 Å². The maximum Gasteiger partial charge on any atom is 0.116 e. The number of phenolic OH excluding ortho intramolecular Hbond substituents is 2. The van der Waals surface area contributed by atoms with Crippen molar-refractivity contribution < 1.29 is 10.2 Å². The third-order valence-corrected chi connectivity index (χ3v) is 3.12. The first-order valence-corrected chi connectivity index (χ1v) is 5.84. The second-order valence-electron chi connectivity index (χ2n) is 4.35. The van der Waals surface area contributed by atoms with Gasteiger partial charge in [0.1, 0.15) is 11.5 Å². The molecule has 0 aliphatic rings. The van der Waals surface area contributed by atoms with E-state index in [9.17, 15) is 10.2 Å². The van der Waals surface area contributed by atoms with E-state index in [-0.39, 0.29) is 11.5 Å². The predicted molar refractivity (Wildman–Crippen MR) is 74.4 cm³/mol. The number of hydrogen-bond donors (Lipinski definition) is 2. The van der Waals surface area contributed by atoms with E-state index in [1.165, 1.54) is 0 Å². The highest BCUT2D eigenvalue weighted by Crippen LogP contribution is 2.28. The summed E-state index contributed by atoms with van der Waals surface area (Å²) in [7, 11) is 0. The largest absolute Gasteiger partial charge is 0.508 e. The summed E-state index contributed by atoms with van der Waals surface area (Å²) in [4.78, 5) is 0. The summed E-state index contributed by atoms with van der Waals surface area (Å²) < 4.78 is 0. The molecule has 2 aromatic rings. The van der Waals surface area contributed by atoms with E-state index in [0.29, 0.717) is 0 Å². The third kappa shape index (κ3) is 2.54. The molecule has 2 N–H and O–H groups in total. The van der Waals surface area contributed by atoms with Crippen molar-refractivity contribution in [2.75, 3.05) is 0 Å². The molecule has 0 heterocycles. The normalized spacial score (nSPS) is 12.1. The molecule has 0 saturated heterocycles. The van der Waals surface area contributed by atoms with Crippen LogP contribution >= 0.6 is 0 Å². The van der Waals surface area contributed by atoms with Crippen molar-refractivity contribution in [3.8, 4) is 11.5 Å². The van der Waals surface area contributed by atoms with Crippen LogP contribution in [0.1, 0.15) is 25.0 Å². The van der Waals surface area contributed by atoms with E-state index < -0.39 is 0 Å². The summed E-state index contributed by atoms with van der Waals surface area (Å²) in [6.07, 6.45) is 0. The Kier molecular flexibility index (Phi) is 3.38. The summed E-state index contributed by atoms with van der Waals surface area (Å²) in [6.45, 7) is 4.02. The van der Waals surface area contributed by atoms with Gasteiger partial charge in [-0.25, -0.2) is 0 Å². The Morgan fingerprint density at radius 2 is 1.11 bits per heavy atom. The number of aromatic hydroxyl groups is 2. The van der Waals surface area contributed by atoms with E-state index >= 15 is 0 Å². The van der Waals surface area contributed by atoms with Crippen LogP contribution in [-0.2, 0) is 0 Å². The highest BCUT2D eigenvalue weighted by molar-refractivity contribution is 5.89. The van der Waals surface area contributed by atoms with Gasteiger partial charge in [0.25, 0.3) is 0 Å². The van der Waals surface area contributed by atoms with Crippen molar-refractivity contribution in [3.63, 3.8) is 0 Å². The maximum atomic E-state index is 9.50. The van der Waals surface area contributed by atoms with Gasteiger partial charge < -0.3 is 10.2 Å².